The first-order valence-electron chi connectivity index (χ1n) is 7.23. The van der Waals surface area contributed by atoms with Gasteiger partial charge in [-0.3, -0.25) is 19.8 Å². The van der Waals surface area contributed by atoms with Crippen molar-refractivity contribution >= 4 is 23.3 Å². The third-order valence-corrected chi connectivity index (χ3v) is 3.44. The molecule has 118 valence electrons. The molecule has 0 amide bonds. The Kier molecular flexibility index (Phi) is 4.53. The average molecular weight is 312 g/mol. The van der Waals surface area contributed by atoms with E-state index >= 15 is 0 Å². The lowest BCUT2D eigenvalue weighted by Gasteiger charge is -2.04. The second-order valence-electron chi connectivity index (χ2n) is 5.09. The van der Waals surface area contributed by atoms with Gasteiger partial charge in [-0.05, 0) is 19.0 Å². The highest BCUT2D eigenvalue weighted by Crippen LogP contribution is 2.10. The number of nitrogens with zero attached hydrogens (tertiary/aromatic N) is 3. The fourth-order valence-electron chi connectivity index (χ4n) is 2.26. The molecule has 0 bridgehead atoms. The quantitative estimate of drug-likeness (QED) is 0.559. The standard InChI is InChI=1S/C15H16N6O2/c16-5-11(8-19-7-10-1-3-17-6-10)23-15-20-13-9-18-4-2-12(13)14(22)21-15/h2,4-5,7-10,16-17H,1,3,6H2,(H,20,21,22)/b11-8+,16-5?,19-7?. The Bertz CT molecular complexity index is 820. The Morgan fingerprint density at radius 3 is 3.22 bits per heavy atom. The van der Waals surface area contributed by atoms with Crippen LogP contribution in [0, 0.1) is 11.3 Å². The van der Waals surface area contributed by atoms with Gasteiger partial charge >= 0.3 is 6.01 Å². The average Bonchev–Trinajstić information content (AvgIpc) is 3.07. The van der Waals surface area contributed by atoms with Gasteiger partial charge in [-0.2, -0.15) is 4.98 Å². The number of allylic oxidation sites excluding steroid dienone is 1. The number of H-pyrrole nitrogens is 1. The summed E-state index contributed by atoms with van der Waals surface area (Å²) in [5.41, 5.74) is 0.105. The predicted molar refractivity (Wildman–Crippen MR) is 87.1 cm³/mol. The third-order valence-electron chi connectivity index (χ3n) is 3.44. The van der Waals surface area contributed by atoms with E-state index in [-0.39, 0.29) is 17.3 Å². The molecule has 3 N–H and O–H groups in total. The summed E-state index contributed by atoms with van der Waals surface area (Å²) in [5.74, 6) is 0.571. The van der Waals surface area contributed by atoms with E-state index in [4.69, 9.17) is 10.1 Å². The number of hydrogen-bond donors (Lipinski definition) is 3. The zero-order valence-electron chi connectivity index (χ0n) is 12.3. The number of aliphatic imine (C=N–C) groups is 1. The summed E-state index contributed by atoms with van der Waals surface area (Å²) in [6.07, 6.45) is 8.32. The number of ether oxygens (including phenoxy) is 1. The highest BCUT2D eigenvalue weighted by Gasteiger charge is 2.11. The van der Waals surface area contributed by atoms with Gasteiger partial charge in [0.15, 0.2) is 5.76 Å². The summed E-state index contributed by atoms with van der Waals surface area (Å²) in [4.78, 5) is 26.7. The summed E-state index contributed by atoms with van der Waals surface area (Å²) in [6.45, 7) is 1.90. The maximum absolute atomic E-state index is 11.9. The van der Waals surface area contributed by atoms with Gasteiger partial charge < -0.3 is 15.5 Å². The fourth-order valence-corrected chi connectivity index (χ4v) is 2.26. The van der Waals surface area contributed by atoms with Crippen LogP contribution >= 0.6 is 0 Å². The van der Waals surface area contributed by atoms with Crippen molar-refractivity contribution in [1.29, 1.82) is 5.41 Å². The fraction of sp³-hybridized carbons (Fsp3) is 0.267. The second-order valence-corrected chi connectivity index (χ2v) is 5.09. The van der Waals surface area contributed by atoms with Gasteiger partial charge in [0.05, 0.1) is 29.5 Å². The van der Waals surface area contributed by atoms with Gasteiger partial charge in [-0.25, -0.2) is 0 Å². The van der Waals surface area contributed by atoms with Crippen LogP contribution < -0.4 is 15.6 Å². The highest BCUT2D eigenvalue weighted by molar-refractivity contribution is 5.77. The van der Waals surface area contributed by atoms with Gasteiger partial charge in [0.25, 0.3) is 5.56 Å². The molecule has 1 atom stereocenters. The molecule has 2 aromatic heterocycles. The molecule has 1 fully saturated rings. The van der Waals surface area contributed by atoms with Gasteiger partial charge in [0, 0.05) is 24.9 Å². The highest BCUT2D eigenvalue weighted by atomic mass is 16.5. The van der Waals surface area contributed by atoms with E-state index in [1.54, 1.807) is 6.07 Å². The van der Waals surface area contributed by atoms with Crippen molar-refractivity contribution in [1.82, 2.24) is 20.3 Å². The number of fused-ring (bicyclic) bond motifs is 1. The van der Waals surface area contributed by atoms with Crippen molar-refractivity contribution in [2.45, 2.75) is 6.42 Å². The SMILES string of the molecule is N=C/C(=C\N=CC1CCNC1)Oc1nc2cnccc2c(=O)[nH]1. The minimum Gasteiger partial charge on any atom is -0.422 e. The van der Waals surface area contributed by atoms with E-state index in [1.807, 2.05) is 6.21 Å². The molecule has 0 aliphatic carbocycles. The Morgan fingerprint density at radius 1 is 1.52 bits per heavy atom. The van der Waals surface area contributed by atoms with Crippen molar-refractivity contribution in [3.63, 3.8) is 0 Å². The first-order chi connectivity index (χ1) is 11.3. The first-order valence-corrected chi connectivity index (χ1v) is 7.23. The summed E-state index contributed by atoms with van der Waals surface area (Å²) < 4.78 is 5.41. The van der Waals surface area contributed by atoms with E-state index in [2.05, 4.69) is 25.3 Å². The van der Waals surface area contributed by atoms with Crippen LogP contribution in [-0.4, -0.2) is 40.5 Å². The Morgan fingerprint density at radius 2 is 2.43 bits per heavy atom. The molecular weight excluding hydrogens is 296 g/mol. The Hall–Kier alpha value is -2.87. The largest absolute Gasteiger partial charge is 0.422 e. The van der Waals surface area contributed by atoms with Crippen LogP contribution in [0.1, 0.15) is 6.42 Å². The minimum absolute atomic E-state index is 0.00276. The van der Waals surface area contributed by atoms with Crippen LogP contribution in [0.4, 0.5) is 0 Å². The number of hydrogen-bond acceptors (Lipinski definition) is 7. The predicted octanol–water partition coefficient (Wildman–Crippen LogP) is 0.868. The van der Waals surface area contributed by atoms with E-state index in [1.165, 1.54) is 18.6 Å². The smallest absolute Gasteiger partial charge is 0.302 e. The third kappa shape index (κ3) is 3.67. The van der Waals surface area contributed by atoms with Crippen LogP contribution in [0.5, 0.6) is 6.01 Å². The maximum atomic E-state index is 11.9. The lowest BCUT2D eigenvalue weighted by molar-refractivity contribution is 0.418. The molecule has 8 nitrogen and oxygen atoms in total. The molecule has 0 spiro atoms. The number of aromatic nitrogens is 3. The minimum atomic E-state index is -0.322. The van der Waals surface area contributed by atoms with Crippen molar-refractivity contribution in [2.75, 3.05) is 13.1 Å². The normalized spacial score (nSPS) is 18.6. The molecule has 2 aromatic rings. The lowest BCUT2D eigenvalue weighted by atomic mass is 10.1. The van der Waals surface area contributed by atoms with Crippen LogP contribution in [0.3, 0.4) is 0 Å². The van der Waals surface area contributed by atoms with Crippen molar-refractivity contribution in [2.24, 2.45) is 10.9 Å². The molecule has 3 heterocycles. The number of nitrogens with one attached hydrogen (secondary N) is 3. The summed E-state index contributed by atoms with van der Waals surface area (Å²) in [6, 6.07) is 1.58. The molecule has 8 heteroatoms. The monoisotopic (exact) mass is 312 g/mol. The molecule has 3 rings (SSSR count). The van der Waals surface area contributed by atoms with Crippen molar-refractivity contribution in [3.8, 4) is 6.01 Å². The van der Waals surface area contributed by atoms with E-state index in [9.17, 15) is 4.79 Å². The summed E-state index contributed by atoms with van der Waals surface area (Å²) in [5, 5.41) is 11.1. The topological polar surface area (TPSA) is 116 Å². The summed E-state index contributed by atoms with van der Waals surface area (Å²) in [7, 11) is 0. The molecule has 1 unspecified atom stereocenters. The van der Waals surface area contributed by atoms with Gasteiger partial charge in [-0.1, -0.05) is 0 Å². The van der Waals surface area contributed by atoms with E-state index < -0.39 is 0 Å². The number of aromatic amines is 1. The van der Waals surface area contributed by atoms with E-state index in [0.717, 1.165) is 25.7 Å². The molecule has 0 saturated carbocycles. The molecule has 23 heavy (non-hydrogen) atoms. The molecule has 1 saturated heterocycles. The second kappa shape index (κ2) is 6.93. The van der Waals surface area contributed by atoms with Crippen LogP contribution in [0.2, 0.25) is 0 Å². The molecule has 0 radical (unpaired) electrons. The zero-order chi connectivity index (χ0) is 16.1. The number of pyridine rings is 1. The van der Waals surface area contributed by atoms with Crippen LogP contribution in [0.25, 0.3) is 10.9 Å². The van der Waals surface area contributed by atoms with Crippen LogP contribution in [-0.2, 0) is 0 Å². The Labute approximate surface area is 131 Å². The lowest BCUT2D eigenvalue weighted by Crippen LogP contribution is -2.11. The summed E-state index contributed by atoms with van der Waals surface area (Å²) >= 11 is 0. The van der Waals surface area contributed by atoms with Crippen LogP contribution in [0.15, 0.2) is 40.2 Å². The van der Waals surface area contributed by atoms with Crippen molar-refractivity contribution in [3.05, 3.63) is 40.8 Å². The number of rotatable bonds is 5. The zero-order valence-corrected chi connectivity index (χ0v) is 12.3. The maximum Gasteiger partial charge on any atom is 0.302 e. The van der Waals surface area contributed by atoms with Gasteiger partial charge in [0.2, 0.25) is 0 Å². The van der Waals surface area contributed by atoms with Crippen molar-refractivity contribution < 1.29 is 4.74 Å². The Balaban J connectivity index is 1.78. The molecule has 1 aliphatic rings. The van der Waals surface area contributed by atoms with E-state index in [0.29, 0.717) is 16.8 Å². The first kappa shape index (κ1) is 15.0. The molecular formula is C15H16N6O2. The molecule has 1 aliphatic heterocycles. The molecule has 0 aromatic carbocycles. The van der Waals surface area contributed by atoms with Gasteiger partial charge in [0.1, 0.15) is 0 Å². The van der Waals surface area contributed by atoms with Gasteiger partial charge in [-0.15, -0.1) is 0 Å².